The molecule has 0 atom stereocenters. The summed E-state index contributed by atoms with van der Waals surface area (Å²) in [6.07, 6.45) is 2.60. The van der Waals surface area contributed by atoms with Crippen LogP contribution in [0.3, 0.4) is 0 Å². The van der Waals surface area contributed by atoms with Gasteiger partial charge in [0.1, 0.15) is 17.2 Å². The summed E-state index contributed by atoms with van der Waals surface area (Å²) in [6, 6.07) is 0. The van der Waals surface area contributed by atoms with E-state index in [0.717, 1.165) is 25.9 Å². The van der Waals surface area contributed by atoms with Crippen molar-refractivity contribution in [2.45, 2.75) is 45.0 Å². The highest BCUT2D eigenvalue weighted by Crippen LogP contribution is 2.53. The number of hydrogen-bond acceptors (Lipinski definition) is 3. The number of halogens is 4. The van der Waals surface area contributed by atoms with Gasteiger partial charge >= 0.3 is 0 Å². The number of alkyl halides is 4. The summed E-state index contributed by atoms with van der Waals surface area (Å²) < 4.78 is 52.6. The number of aromatic nitrogens is 2. The second kappa shape index (κ2) is 4.81. The van der Waals surface area contributed by atoms with Gasteiger partial charge in [-0.15, -0.1) is 0 Å². The van der Waals surface area contributed by atoms with Crippen LogP contribution in [-0.4, -0.2) is 23.1 Å². The molecule has 0 bridgehead atoms. The van der Waals surface area contributed by atoms with Crippen LogP contribution in [0.1, 0.15) is 50.4 Å². The fourth-order valence-corrected chi connectivity index (χ4v) is 2.92. The van der Waals surface area contributed by atoms with E-state index in [9.17, 15) is 17.6 Å². The maximum atomic E-state index is 13.3. The van der Waals surface area contributed by atoms with E-state index < -0.39 is 23.7 Å². The molecule has 7 heteroatoms. The van der Waals surface area contributed by atoms with E-state index in [1.807, 2.05) is 4.90 Å². The maximum Gasteiger partial charge on any atom is 0.288 e. The fourth-order valence-electron chi connectivity index (χ4n) is 2.92. The molecule has 0 N–H and O–H groups in total. The van der Waals surface area contributed by atoms with E-state index in [0.29, 0.717) is 12.3 Å². The van der Waals surface area contributed by atoms with Crippen LogP contribution in [0.2, 0.25) is 0 Å². The summed E-state index contributed by atoms with van der Waals surface area (Å²) in [4.78, 5) is 9.19. The largest absolute Gasteiger partial charge is 0.355 e. The molecule has 3 rings (SSSR count). The Kier molecular flexibility index (Phi) is 3.33. The first-order chi connectivity index (χ1) is 9.81. The summed E-state index contributed by atoms with van der Waals surface area (Å²) in [5, 5.41) is 0. The first kappa shape index (κ1) is 14.5. The normalized spacial score (nSPS) is 21.1. The topological polar surface area (TPSA) is 29.0 Å². The third-order valence-corrected chi connectivity index (χ3v) is 4.51. The highest BCUT2D eigenvalue weighted by molar-refractivity contribution is 5.40. The first-order valence-corrected chi connectivity index (χ1v) is 7.09. The van der Waals surface area contributed by atoms with Crippen LogP contribution in [0.15, 0.2) is 6.20 Å². The fraction of sp³-hybridized carbons (Fsp3) is 0.714. The van der Waals surface area contributed by atoms with Crippen molar-refractivity contribution >= 4 is 5.82 Å². The van der Waals surface area contributed by atoms with E-state index in [2.05, 4.69) is 9.97 Å². The average Bonchev–Trinajstić information content (AvgIpc) is 3.17. The van der Waals surface area contributed by atoms with Crippen LogP contribution in [0.4, 0.5) is 23.4 Å². The summed E-state index contributed by atoms with van der Waals surface area (Å²) >= 11 is 0. The van der Waals surface area contributed by atoms with Crippen molar-refractivity contribution in [3.8, 4) is 0 Å². The smallest absolute Gasteiger partial charge is 0.288 e. The lowest BCUT2D eigenvalue weighted by atomic mass is 9.94. The monoisotopic (exact) mass is 303 g/mol. The van der Waals surface area contributed by atoms with Gasteiger partial charge in [0.05, 0.1) is 6.20 Å². The lowest BCUT2D eigenvalue weighted by Crippen LogP contribution is -2.35. The number of hydrogen-bond donors (Lipinski definition) is 0. The van der Waals surface area contributed by atoms with Gasteiger partial charge in [-0.3, -0.25) is 0 Å². The lowest BCUT2D eigenvalue weighted by Gasteiger charge is -2.33. The Labute approximate surface area is 120 Å². The highest BCUT2D eigenvalue weighted by atomic mass is 19.3. The van der Waals surface area contributed by atoms with Crippen molar-refractivity contribution in [2.75, 3.05) is 18.0 Å². The molecule has 0 radical (unpaired) electrons. The molecule has 2 fully saturated rings. The Bertz CT molecular complexity index is 528. The maximum absolute atomic E-state index is 13.3. The Hall–Kier alpha value is -1.40. The second-order valence-corrected chi connectivity index (χ2v) is 6.14. The van der Waals surface area contributed by atoms with Crippen LogP contribution in [-0.2, 0) is 5.92 Å². The minimum atomic E-state index is -3.42. The van der Waals surface area contributed by atoms with E-state index in [1.165, 1.54) is 19.0 Å². The second-order valence-electron chi connectivity index (χ2n) is 6.14. The van der Waals surface area contributed by atoms with Crippen molar-refractivity contribution in [1.29, 1.82) is 0 Å². The summed E-state index contributed by atoms with van der Waals surface area (Å²) in [7, 11) is 0. The Balaban J connectivity index is 1.85. The third-order valence-electron chi connectivity index (χ3n) is 4.51. The number of piperidine rings is 1. The SMILES string of the molecule is CC(F)(F)c1ncc(N2CCC3(CC2)CC3)nc1C(F)F. The average molecular weight is 303 g/mol. The van der Waals surface area contributed by atoms with Crippen LogP contribution in [0.5, 0.6) is 0 Å². The van der Waals surface area contributed by atoms with Gasteiger partial charge < -0.3 is 4.90 Å². The zero-order chi connectivity index (χ0) is 15.3. The Morgan fingerprint density at radius 3 is 2.29 bits per heavy atom. The molecule has 1 saturated carbocycles. The van der Waals surface area contributed by atoms with Crippen molar-refractivity contribution < 1.29 is 17.6 Å². The van der Waals surface area contributed by atoms with Crippen LogP contribution in [0.25, 0.3) is 0 Å². The van der Waals surface area contributed by atoms with Gasteiger partial charge in [-0.1, -0.05) is 0 Å². The molecule has 1 aliphatic carbocycles. The van der Waals surface area contributed by atoms with E-state index in [1.54, 1.807) is 0 Å². The molecule has 1 spiro atoms. The molecular formula is C14H17F4N3. The molecule has 3 nitrogen and oxygen atoms in total. The van der Waals surface area contributed by atoms with Gasteiger partial charge in [-0.2, -0.15) is 8.78 Å². The van der Waals surface area contributed by atoms with Crippen LogP contribution in [0, 0.1) is 5.41 Å². The predicted octanol–water partition coefficient (Wildman–Crippen LogP) is 3.91. The Morgan fingerprint density at radius 2 is 1.81 bits per heavy atom. The molecule has 1 aromatic heterocycles. The quantitative estimate of drug-likeness (QED) is 0.793. The molecule has 2 aliphatic rings. The van der Waals surface area contributed by atoms with Gasteiger partial charge in [0.15, 0.2) is 0 Å². The van der Waals surface area contributed by atoms with E-state index in [4.69, 9.17) is 0 Å². The minimum absolute atomic E-state index is 0.272. The van der Waals surface area contributed by atoms with Gasteiger partial charge in [0.2, 0.25) is 0 Å². The van der Waals surface area contributed by atoms with E-state index >= 15 is 0 Å². The molecular weight excluding hydrogens is 286 g/mol. The van der Waals surface area contributed by atoms with E-state index in [-0.39, 0.29) is 5.82 Å². The van der Waals surface area contributed by atoms with Gasteiger partial charge in [-0.25, -0.2) is 18.7 Å². The minimum Gasteiger partial charge on any atom is -0.355 e. The summed E-state index contributed by atoms with van der Waals surface area (Å²) in [6.45, 7) is 2.00. The summed E-state index contributed by atoms with van der Waals surface area (Å²) in [5.41, 5.74) is -1.39. The first-order valence-electron chi connectivity index (χ1n) is 7.09. The van der Waals surface area contributed by atoms with Gasteiger partial charge in [0, 0.05) is 20.0 Å². The Morgan fingerprint density at radius 1 is 1.19 bits per heavy atom. The lowest BCUT2D eigenvalue weighted by molar-refractivity contribution is 0.00646. The zero-order valence-corrected chi connectivity index (χ0v) is 11.8. The molecule has 0 unspecified atom stereocenters. The predicted molar refractivity (Wildman–Crippen MR) is 69.7 cm³/mol. The molecule has 0 amide bonds. The van der Waals surface area contributed by atoms with Crippen molar-refractivity contribution in [3.63, 3.8) is 0 Å². The van der Waals surface area contributed by atoms with Crippen molar-refractivity contribution in [2.24, 2.45) is 5.41 Å². The van der Waals surface area contributed by atoms with Crippen molar-refractivity contribution in [3.05, 3.63) is 17.6 Å². The molecule has 116 valence electrons. The van der Waals surface area contributed by atoms with Crippen LogP contribution >= 0.6 is 0 Å². The van der Waals surface area contributed by atoms with Crippen LogP contribution < -0.4 is 4.90 Å². The van der Waals surface area contributed by atoms with Gasteiger partial charge in [-0.05, 0) is 31.1 Å². The zero-order valence-electron chi connectivity index (χ0n) is 11.8. The highest BCUT2D eigenvalue weighted by Gasteiger charge is 2.44. The van der Waals surface area contributed by atoms with Crippen molar-refractivity contribution in [1.82, 2.24) is 9.97 Å². The molecule has 1 saturated heterocycles. The molecule has 21 heavy (non-hydrogen) atoms. The third kappa shape index (κ3) is 2.82. The number of nitrogens with zero attached hydrogens (tertiary/aromatic N) is 3. The van der Waals surface area contributed by atoms with Gasteiger partial charge in [0.25, 0.3) is 12.3 Å². The number of rotatable bonds is 3. The standard InChI is InChI=1S/C14H17F4N3/c1-13(17,18)11-10(12(15)16)20-9(8-19-11)21-6-4-14(2-3-14)5-7-21/h8,12H,2-7H2,1H3. The molecule has 0 aromatic carbocycles. The summed E-state index contributed by atoms with van der Waals surface area (Å²) in [5.74, 6) is -3.15. The molecule has 1 aromatic rings. The molecule has 2 heterocycles. The molecule has 1 aliphatic heterocycles. The number of anilines is 1.